The van der Waals surface area contributed by atoms with Gasteiger partial charge < -0.3 is 0 Å². The van der Waals surface area contributed by atoms with Crippen LogP contribution in [0, 0.1) is 0 Å². The lowest BCUT2D eigenvalue weighted by atomic mass is 9.98. The molecule has 1 aliphatic rings. The first-order valence-electron chi connectivity index (χ1n) is 7.38. The summed E-state index contributed by atoms with van der Waals surface area (Å²) in [6, 6.07) is 9.71. The fourth-order valence-electron chi connectivity index (χ4n) is 3.05. The predicted octanol–water partition coefficient (Wildman–Crippen LogP) is 3.80. The van der Waals surface area contributed by atoms with E-state index in [1.54, 1.807) is 0 Å². The molecule has 0 radical (unpaired) electrons. The normalized spacial score (nSPS) is 17.9. The molecule has 1 unspecified atom stereocenters. The third-order valence-corrected chi connectivity index (χ3v) is 4.47. The number of rotatable bonds is 1. The number of alkyl halides is 3. The molecule has 1 aromatic heterocycles. The van der Waals surface area contributed by atoms with Crippen LogP contribution in [-0.4, -0.2) is 21.5 Å². The van der Waals surface area contributed by atoms with Gasteiger partial charge in [-0.15, -0.1) is 5.10 Å². The molecule has 4 nitrogen and oxygen atoms in total. The van der Waals surface area contributed by atoms with Gasteiger partial charge in [0.05, 0.1) is 16.1 Å². The summed E-state index contributed by atoms with van der Waals surface area (Å²) >= 11 is 5.98. The average Bonchev–Trinajstić information content (AvgIpc) is 2.98. The van der Waals surface area contributed by atoms with Crippen LogP contribution in [-0.2, 0) is 12.6 Å². The van der Waals surface area contributed by atoms with Gasteiger partial charge in [-0.3, -0.25) is 5.32 Å². The first-order valence-corrected chi connectivity index (χ1v) is 7.76. The maximum absolute atomic E-state index is 13.1. The molecular formula is C16H12ClF3N4. The van der Waals surface area contributed by atoms with Crippen molar-refractivity contribution in [3.63, 3.8) is 0 Å². The highest BCUT2D eigenvalue weighted by atomic mass is 35.5. The van der Waals surface area contributed by atoms with Gasteiger partial charge in [0.2, 0.25) is 0 Å². The minimum atomic E-state index is -4.48. The van der Waals surface area contributed by atoms with E-state index in [0.717, 1.165) is 29.7 Å². The number of nitrogens with one attached hydrogen (secondary N) is 1. The largest absolute Gasteiger partial charge is 0.416 e. The van der Waals surface area contributed by atoms with E-state index in [-0.39, 0.29) is 22.2 Å². The number of nitrogens with zero attached hydrogens (tertiary/aromatic N) is 3. The fraction of sp³-hybridized carbons (Fsp3) is 0.250. The van der Waals surface area contributed by atoms with Crippen molar-refractivity contribution >= 4 is 22.6 Å². The average molecular weight is 353 g/mol. The summed E-state index contributed by atoms with van der Waals surface area (Å²) in [5.74, 6) is 0. The van der Waals surface area contributed by atoms with Gasteiger partial charge in [0.15, 0.2) is 0 Å². The molecule has 1 aliphatic heterocycles. The Morgan fingerprint density at radius 2 is 2.00 bits per heavy atom. The zero-order chi connectivity index (χ0) is 16.9. The molecule has 124 valence electrons. The zero-order valence-electron chi connectivity index (χ0n) is 12.3. The molecule has 3 aromatic rings. The zero-order valence-corrected chi connectivity index (χ0v) is 13.1. The Morgan fingerprint density at radius 3 is 2.79 bits per heavy atom. The third-order valence-electron chi connectivity index (χ3n) is 4.18. The van der Waals surface area contributed by atoms with E-state index in [1.165, 1.54) is 4.68 Å². The minimum absolute atomic E-state index is 0.0600. The maximum atomic E-state index is 13.1. The maximum Gasteiger partial charge on any atom is 0.416 e. The first-order chi connectivity index (χ1) is 11.4. The first kappa shape index (κ1) is 15.4. The van der Waals surface area contributed by atoms with E-state index >= 15 is 0 Å². The molecule has 0 spiro atoms. The summed E-state index contributed by atoms with van der Waals surface area (Å²) in [6.45, 7) is 0.704. The molecule has 0 fully saturated rings. The summed E-state index contributed by atoms with van der Waals surface area (Å²) in [4.78, 5) is 0. The molecule has 4 rings (SSSR count). The molecule has 0 saturated heterocycles. The number of hydrogen-bond acceptors (Lipinski definition) is 3. The molecule has 1 atom stereocenters. The van der Waals surface area contributed by atoms with Crippen molar-refractivity contribution in [3.05, 3.63) is 58.1 Å². The Bertz CT molecular complexity index is 919. The van der Waals surface area contributed by atoms with Gasteiger partial charge >= 0.3 is 6.18 Å². The molecule has 8 heteroatoms. The number of aromatic nitrogens is 3. The molecule has 0 saturated carbocycles. The predicted molar refractivity (Wildman–Crippen MR) is 83.8 cm³/mol. The van der Waals surface area contributed by atoms with Gasteiger partial charge in [-0.1, -0.05) is 41.1 Å². The summed E-state index contributed by atoms with van der Waals surface area (Å²) < 4.78 is 40.7. The van der Waals surface area contributed by atoms with Crippen molar-refractivity contribution in [2.24, 2.45) is 0 Å². The van der Waals surface area contributed by atoms with Gasteiger partial charge in [0, 0.05) is 6.54 Å². The van der Waals surface area contributed by atoms with Crippen LogP contribution in [0.1, 0.15) is 22.9 Å². The van der Waals surface area contributed by atoms with Crippen LogP contribution in [0.2, 0.25) is 5.02 Å². The monoisotopic (exact) mass is 352 g/mol. The van der Waals surface area contributed by atoms with Crippen molar-refractivity contribution in [3.8, 4) is 0 Å². The van der Waals surface area contributed by atoms with Gasteiger partial charge in [-0.25, -0.2) is 4.68 Å². The number of fused-ring (bicyclic) bond motifs is 2. The second-order valence-electron chi connectivity index (χ2n) is 5.66. The highest BCUT2D eigenvalue weighted by Crippen LogP contribution is 2.35. The third kappa shape index (κ3) is 2.44. The van der Waals surface area contributed by atoms with Crippen molar-refractivity contribution in [2.45, 2.75) is 18.8 Å². The summed E-state index contributed by atoms with van der Waals surface area (Å²) in [5, 5.41) is 11.2. The summed E-state index contributed by atoms with van der Waals surface area (Å²) in [7, 11) is 0. The van der Waals surface area contributed by atoms with Gasteiger partial charge in [-0.05, 0) is 29.7 Å². The fourth-order valence-corrected chi connectivity index (χ4v) is 3.31. The smallest absolute Gasteiger partial charge is 0.292 e. The quantitative estimate of drug-likeness (QED) is 0.724. The Balaban J connectivity index is 1.91. The van der Waals surface area contributed by atoms with Gasteiger partial charge in [0.1, 0.15) is 11.7 Å². The van der Waals surface area contributed by atoms with E-state index in [2.05, 4.69) is 15.6 Å². The molecule has 0 amide bonds. The molecule has 24 heavy (non-hydrogen) atoms. The van der Waals surface area contributed by atoms with Crippen LogP contribution in [0.3, 0.4) is 0 Å². The van der Waals surface area contributed by atoms with Crippen molar-refractivity contribution in [2.75, 3.05) is 6.54 Å². The van der Waals surface area contributed by atoms with Crippen LogP contribution in [0.4, 0.5) is 13.2 Å². The van der Waals surface area contributed by atoms with Crippen LogP contribution in [0.25, 0.3) is 11.0 Å². The van der Waals surface area contributed by atoms with Crippen LogP contribution in [0.5, 0.6) is 0 Å². The van der Waals surface area contributed by atoms with E-state index in [9.17, 15) is 13.2 Å². The number of hydrogen-bond donors (Lipinski definition) is 1. The molecule has 1 N–H and O–H groups in total. The van der Waals surface area contributed by atoms with Crippen LogP contribution < -0.4 is 5.32 Å². The standard InChI is InChI=1S/C16H12ClF3N4/c17-12-7-10(16(18,19)20)8-13-14(12)22-23-24(13)15-11-4-2-1-3-9(11)5-6-21-15/h1-4,7-8,15,21H,5-6H2. The second-order valence-corrected chi connectivity index (χ2v) is 6.07. The number of benzene rings is 2. The Hall–Kier alpha value is -2.12. The van der Waals surface area contributed by atoms with E-state index in [1.807, 2.05) is 24.3 Å². The van der Waals surface area contributed by atoms with Crippen molar-refractivity contribution < 1.29 is 13.2 Å². The van der Waals surface area contributed by atoms with Crippen molar-refractivity contribution in [1.82, 2.24) is 20.3 Å². The Morgan fingerprint density at radius 1 is 1.21 bits per heavy atom. The lowest BCUT2D eigenvalue weighted by molar-refractivity contribution is -0.137. The number of halogens is 4. The van der Waals surface area contributed by atoms with Gasteiger partial charge in [0.25, 0.3) is 0 Å². The Labute approximate surface area is 140 Å². The van der Waals surface area contributed by atoms with E-state index in [4.69, 9.17) is 11.6 Å². The van der Waals surface area contributed by atoms with Crippen LogP contribution >= 0.6 is 11.6 Å². The SMILES string of the molecule is FC(F)(F)c1cc(Cl)c2nnn(C3NCCc4ccccc43)c2c1. The van der Waals surface area contributed by atoms with Crippen LogP contribution in [0.15, 0.2) is 36.4 Å². The minimum Gasteiger partial charge on any atom is -0.292 e. The highest BCUT2D eigenvalue weighted by molar-refractivity contribution is 6.35. The van der Waals surface area contributed by atoms with Gasteiger partial charge in [-0.2, -0.15) is 13.2 Å². The molecule has 0 aliphatic carbocycles. The summed E-state index contributed by atoms with van der Waals surface area (Å²) in [6.07, 6.45) is -4.00. The highest BCUT2D eigenvalue weighted by Gasteiger charge is 2.33. The lowest BCUT2D eigenvalue weighted by Gasteiger charge is -2.27. The van der Waals surface area contributed by atoms with E-state index < -0.39 is 11.7 Å². The lowest BCUT2D eigenvalue weighted by Crippen LogP contribution is -2.35. The molecule has 0 bridgehead atoms. The molecule has 2 heterocycles. The molecular weight excluding hydrogens is 341 g/mol. The summed E-state index contributed by atoms with van der Waals surface area (Å²) in [5.41, 5.74) is 1.82. The second kappa shape index (κ2) is 5.46. The molecule has 2 aromatic carbocycles. The topological polar surface area (TPSA) is 42.7 Å². The van der Waals surface area contributed by atoms with E-state index in [0.29, 0.717) is 6.54 Å². The Kier molecular flexibility index (Phi) is 3.51. The van der Waals surface area contributed by atoms with Crippen molar-refractivity contribution in [1.29, 1.82) is 0 Å².